The number of hydrogen-bond acceptors (Lipinski definition) is 3. The molecule has 0 aliphatic heterocycles. The Balaban J connectivity index is 2.03. The predicted molar refractivity (Wildman–Crippen MR) is 67.6 cm³/mol. The maximum absolute atomic E-state index is 11.9. The van der Waals surface area contributed by atoms with E-state index in [-0.39, 0.29) is 6.04 Å². The molecule has 1 aromatic rings. The number of carbonyl (C=O) groups excluding carboxylic acids is 1. The number of pyridine rings is 1. The summed E-state index contributed by atoms with van der Waals surface area (Å²) in [6.07, 6.45) is 5.82. The Morgan fingerprint density at radius 1 is 1.41 bits per heavy atom. The lowest BCUT2D eigenvalue weighted by molar-refractivity contribution is -0.126. The van der Waals surface area contributed by atoms with E-state index in [4.69, 9.17) is 0 Å². The Bertz CT molecular complexity index is 364. The number of hydrogen-bond donors (Lipinski definition) is 0. The third kappa shape index (κ3) is 3.13. The molecular weight excluding hydrogens is 212 g/mol. The van der Waals surface area contributed by atoms with Gasteiger partial charge in [0.15, 0.2) is 0 Å². The van der Waals surface area contributed by atoms with Crippen LogP contribution in [0.15, 0.2) is 24.4 Å². The molecule has 0 saturated heterocycles. The van der Waals surface area contributed by atoms with E-state index in [1.807, 2.05) is 24.4 Å². The van der Waals surface area contributed by atoms with Crippen LogP contribution in [0.2, 0.25) is 0 Å². The van der Waals surface area contributed by atoms with Gasteiger partial charge in [0.05, 0.1) is 11.7 Å². The van der Waals surface area contributed by atoms with Crippen molar-refractivity contribution in [2.45, 2.75) is 45.2 Å². The van der Waals surface area contributed by atoms with Crippen LogP contribution in [0.4, 0.5) is 0 Å². The molecule has 1 unspecified atom stereocenters. The fourth-order valence-corrected chi connectivity index (χ4v) is 2.49. The van der Waals surface area contributed by atoms with Gasteiger partial charge in [0.2, 0.25) is 0 Å². The van der Waals surface area contributed by atoms with Crippen molar-refractivity contribution in [2.75, 3.05) is 6.54 Å². The number of rotatable bonds is 4. The third-order valence-electron chi connectivity index (χ3n) is 3.46. The zero-order valence-corrected chi connectivity index (χ0v) is 10.4. The highest BCUT2D eigenvalue weighted by Crippen LogP contribution is 2.20. The zero-order chi connectivity index (χ0) is 12.1. The van der Waals surface area contributed by atoms with Crippen LogP contribution in [0, 0.1) is 0 Å². The summed E-state index contributed by atoms with van der Waals surface area (Å²) in [5.74, 6) is 0.411. The Hall–Kier alpha value is -1.22. The van der Waals surface area contributed by atoms with Crippen molar-refractivity contribution in [3.63, 3.8) is 0 Å². The quantitative estimate of drug-likeness (QED) is 0.799. The second kappa shape index (κ2) is 5.92. The van der Waals surface area contributed by atoms with E-state index in [0.29, 0.717) is 5.78 Å². The number of ketones is 1. The molecule has 3 nitrogen and oxygen atoms in total. The maximum Gasteiger partial charge on any atom is 0.149 e. The SMILES string of the molecule is CCN(Cc1ccccn1)C1CCCCC1=O. The average Bonchev–Trinajstić information content (AvgIpc) is 2.38. The molecule has 17 heavy (non-hydrogen) atoms. The lowest BCUT2D eigenvalue weighted by atomic mass is 9.92. The molecule has 1 aliphatic rings. The minimum absolute atomic E-state index is 0.121. The van der Waals surface area contributed by atoms with Gasteiger partial charge in [-0.05, 0) is 31.5 Å². The standard InChI is InChI=1S/C14H20N2O/c1-2-16(11-12-7-5-6-10-15-12)13-8-3-4-9-14(13)17/h5-7,10,13H,2-4,8-9,11H2,1H3. The van der Waals surface area contributed by atoms with Crippen molar-refractivity contribution in [3.05, 3.63) is 30.1 Å². The van der Waals surface area contributed by atoms with Crippen molar-refractivity contribution in [3.8, 4) is 0 Å². The first-order valence-corrected chi connectivity index (χ1v) is 6.48. The molecule has 0 radical (unpaired) electrons. The van der Waals surface area contributed by atoms with Gasteiger partial charge in [0.1, 0.15) is 5.78 Å². The lowest BCUT2D eigenvalue weighted by Gasteiger charge is -2.31. The zero-order valence-electron chi connectivity index (χ0n) is 10.4. The largest absolute Gasteiger partial charge is 0.298 e. The fraction of sp³-hybridized carbons (Fsp3) is 0.571. The predicted octanol–water partition coefficient (Wildman–Crippen LogP) is 2.42. The van der Waals surface area contributed by atoms with Gasteiger partial charge in [0.25, 0.3) is 0 Å². The van der Waals surface area contributed by atoms with E-state index < -0.39 is 0 Å². The van der Waals surface area contributed by atoms with Gasteiger partial charge in [0, 0.05) is 19.2 Å². The van der Waals surface area contributed by atoms with Gasteiger partial charge in [-0.1, -0.05) is 19.4 Å². The van der Waals surface area contributed by atoms with Gasteiger partial charge in [-0.25, -0.2) is 0 Å². The third-order valence-corrected chi connectivity index (χ3v) is 3.46. The molecular formula is C14H20N2O. The van der Waals surface area contributed by atoms with Crippen LogP contribution >= 0.6 is 0 Å². The van der Waals surface area contributed by atoms with Crippen LogP contribution < -0.4 is 0 Å². The van der Waals surface area contributed by atoms with Gasteiger partial charge in [-0.3, -0.25) is 14.7 Å². The summed E-state index contributed by atoms with van der Waals surface area (Å²) in [7, 11) is 0. The monoisotopic (exact) mass is 232 g/mol. The minimum Gasteiger partial charge on any atom is -0.298 e. The minimum atomic E-state index is 0.121. The number of carbonyl (C=O) groups is 1. The van der Waals surface area contributed by atoms with Crippen molar-refractivity contribution >= 4 is 5.78 Å². The highest BCUT2D eigenvalue weighted by Gasteiger charge is 2.27. The van der Waals surface area contributed by atoms with Crippen molar-refractivity contribution in [1.29, 1.82) is 0 Å². The molecule has 0 bridgehead atoms. The van der Waals surface area contributed by atoms with Crippen LogP contribution in [-0.2, 0) is 11.3 Å². The van der Waals surface area contributed by atoms with Crippen LogP contribution in [0.25, 0.3) is 0 Å². The van der Waals surface area contributed by atoms with E-state index in [2.05, 4.69) is 16.8 Å². The Kier molecular flexibility index (Phi) is 4.26. The Morgan fingerprint density at radius 2 is 2.29 bits per heavy atom. The summed E-state index contributed by atoms with van der Waals surface area (Å²) in [5, 5.41) is 0. The summed E-state index contributed by atoms with van der Waals surface area (Å²) in [6.45, 7) is 3.81. The van der Waals surface area contributed by atoms with E-state index in [9.17, 15) is 4.79 Å². The molecule has 1 aromatic heterocycles. The maximum atomic E-state index is 11.9. The van der Waals surface area contributed by atoms with Crippen LogP contribution in [0.3, 0.4) is 0 Å². The first-order valence-electron chi connectivity index (χ1n) is 6.48. The summed E-state index contributed by atoms with van der Waals surface area (Å²) in [4.78, 5) is 18.5. The van der Waals surface area contributed by atoms with E-state index in [1.54, 1.807) is 0 Å². The van der Waals surface area contributed by atoms with Crippen LogP contribution in [0.5, 0.6) is 0 Å². The van der Waals surface area contributed by atoms with Crippen LogP contribution in [-0.4, -0.2) is 28.3 Å². The number of nitrogens with zero attached hydrogens (tertiary/aromatic N) is 2. The van der Waals surface area contributed by atoms with E-state index in [1.165, 1.54) is 6.42 Å². The summed E-state index contributed by atoms with van der Waals surface area (Å²) < 4.78 is 0. The summed E-state index contributed by atoms with van der Waals surface area (Å²) in [5.41, 5.74) is 1.05. The second-order valence-corrected chi connectivity index (χ2v) is 4.61. The topological polar surface area (TPSA) is 33.2 Å². The molecule has 0 N–H and O–H groups in total. The molecule has 0 aromatic carbocycles. The average molecular weight is 232 g/mol. The molecule has 92 valence electrons. The van der Waals surface area contributed by atoms with Crippen LogP contribution in [0.1, 0.15) is 38.3 Å². The molecule has 1 atom stereocenters. The van der Waals surface area contributed by atoms with Crippen molar-refractivity contribution in [1.82, 2.24) is 9.88 Å². The number of likely N-dealkylation sites (N-methyl/N-ethyl adjacent to an activating group) is 1. The first-order chi connectivity index (χ1) is 8.31. The van der Waals surface area contributed by atoms with Gasteiger partial charge < -0.3 is 0 Å². The number of Topliss-reactive ketones (excluding diaryl/α,β-unsaturated/α-hetero) is 1. The molecule has 1 heterocycles. The van der Waals surface area contributed by atoms with Crippen molar-refractivity contribution in [2.24, 2.45) is 0 Å². The first kappa shape index (κ1) is 12.2. The molecule has 0 amide bonds. The molecule has 1 fully saturated rings. The van der Waals surface area contributed by atoms with Gasteiger partial charge >= 0.3 is 0 Å². The summed E-state index contributed by atoms with van der Waals surface area (Å²) in [6, 6.07) is 6.07. The highest BCUT2D eigenvalue weighted by atomic mass is 16.1. The fourth-order valence-electron chi connectivity index (χ4n) is 2.49. The van der Waals surface area contributed by atoms with Gasteiger partial charge in [-0.15, -0.1) is 0 Å². The molecule has 0 spiro atoms. The Labute approximate surface area is 103 Å². The lowest BCUT2D eigenvalue weighted by Crippen LogP contribution is -2.42. The molecule has 1 saturated carbocycles. The van der Waals surface area contributed by atoms with Crippen molar-refractivity contribution < 1.29 is 4.79 Å². The van der Waals surface area contributed by atoms with E-state index >= 15 is 0 Å². The molecule has 2 rings (SSSR count). The van der Waals surface area contributed by atoms with Gasteiger partial charge in [-0.2, -0.15) is 0 Å². The normalized spacial score (nSPS) is 20.8. The molecule has 3 heteroatoms. The Morgan fingerprint density at radius 3 is 2.94 bits per heavy atom. The smallest absolute Gasteiger partial charge is 0.149 e. The number of aromatic nitrogens is 1. The summed E-state index contributed by atoms with van der Waals surface area (Å²) >= 11 is 0. The molecule has 1 aliphatic carbocycles. The second-order valence-electron chi connectivity index (χ2n) is 4.61. The van der Waals surface area contributed by atoms with E-state index in [0.717, 1.165) is 38.0 Å². The highest BCUT2D eigenvalue weighted by molar-refractivity contribution is 5.84.